The van der Waals surface area contributed by atoms with Gasteiger partial charge >= 0.3 is 0 Å². The summed E-state index contributed by atoms with van der Waals surface area (Å²) < 4.78 is 1.07. The van der Waals surface area contributed by atoms with Crippen LogP contribution in [0.2, 0.25) is 0 Å². The van der Waals surface area contributed by atoms with Crippen molar-refractivity contribution >= 4 is 26.7 Å². The van der Waals surface area contributed by atoms with E-state index in [1.54, 1.807) is 17.4 Å². The fraction of sp³-hybridized carbons (Fsp3) is 0.588. The molecular weight excluding hydrogens is 308 g/mol. The van der Waals surface area contributed by atoms with Gasteiger partial charge in [0.2, 0.25) is 0 Å². The Hall–Kier alpha value is -1.37. The lowest BCUT2D eigenvalue weighted by atomic mass is 10.0. The third-order valence-electron chi connectivity index (χ3n) is 5.08. The number of nitrogens with zero attached hydrogens (tertiary/aromatic N) is 4. The summed E-state index contributed by atoms with van der Waals surface area (Å²) in [4.78, 5) is 12.3. The molecule has 124 valence electrons. The van der Waals surface area contributed by atoms with Gasteiger partial charge in [-0.05, 0) is 38.1 Å². The summed E-state index contributed by atoms with van der Waals surface area (Å²) in [5.41, 5.74) is 0.990. The van der Waals surface area contributed by atoms with E-state index in [2.05, 4.69) is 21.7 Å². The third kappa shape index (κ3) is 3.16. The number of likely N-dealkylation sites (N-methyl/N-ethyl adjacent to an activating group) is 1. The molecule has 1 atom stereocenters. The third-order valence-corrected chi connectivity index (χ3v) is 6.16. The lowest BCUT2D eigenvalue weighted by Gasteiger charge is -2.42. The summed E-state index contributed by atoms with van der Waals surface area (Å²) in [6.07, 6.45) is 2.53. The maximum Gasteiger partial charge on any atom is 0.186 e. The van der Waals surface area contributed by atoms with E-state index in [0.29, 0.717) is 11.8 Å². The number of benzene rings is 1. The molecule has 3 heterocycles. The van der Waals surface area contributed by atoms with Crippen LogP contribution in [0, 0.1) is 0 Å². The highest BCUT2D eigenvalue weighted by atomic mass is 32.1. The number of anilines is 1. The zero-order chi connectivity index (χ0) is 15.8. The van der Waals surface area contributed by atoms with Gasteiger partial charge in [-0.2, -0.15) is 0 Å². The zero-order valence-corrected chi connectivity index (χ0v) is 14.4. The van der Waals surface area contributed by atoms with Crippen molar-refractivity contribution in [3.05, 3.63) is 18.2 Å². The number of thiazole rings is 1. The molecule has 0 spiro atoms. The molecule has 5 nitrogen and oxygen atoms in total. The number of phenols is 1. The Balaban J connectivity index is 1.49. The molecule has 0 saturated carbocycles. The Labute approximate surface area is 141 Å². The quantitative estimate of drug-likeness (QED) is 0.913. The lowest BCUT2D eigenvalue weighted by Crippen LogP contribution is -2.54. The molecule has 1 unspecified atom stereocenters. The number of fused-ring (bicyclic) bond motifs is 1. The minimum absolute atomic E-state index is 0.321. The number of aromatic nitrogens is 1. The van der Waals surface area contributed by atoms with Gasteiger partial charge in [-0.15, -0.1) is 0 Å². The molecular formula is C17H24N4OS. The highest BCUT2D eigenvalue weighted by Crippen LogP contribution is 2.33. The zero-order valence-electron chi connectivity index (χ0n) is 13.6. The van der Waals surface area contributed by atoms with Gasteiger partial charge in [0.05, 0.1) is 10.2 Å². The SMILES string of the molecule is CN1CCN(C2CCCN(c3nc4ccc(O)cc4s3)C2)CC1. The summed E-state index contributed by atoms with van der Waals surface area (Å²) in [5, 5.41) is 10.7. The molecule has 0 bridgehead atoms. The molecule has 1 N–H and O–H groups in total. The molecule has 4 rings (SSSR count). The monoisotopic (exact) mass is 332 g/mol. The summed E-state index contributed by atoms with van der Waals surface area (Å²) in [6, 6.07) is 6.10. The van der Waals surface area contributed by atoms with E-state index < -0.39 is 0 Å². The predicted molar refractivity (Wildman–Crippen MR) is 95.6 cm³/mol. The molecule has 0 amide bonds. The molecule has 2 saturated heterocycles. The van der Waals surface area contributed by atoms with E-state index in [1.165, 1.54) is 39.0 Å². The van der Waals surface area contributed by atoms with Crippen LogP contribution >= 0.6 is 11.3 Å². The van der Waals surface area contributed by atoms with E-state index >= 15 is 0 Å². The van der Waals surface area contributed by atoms with Crippen LogP contribution in [0.3, 0.4) is 0 Å². The van der Waals surface area contributed by atoms with Crippen LogP contribution < -0.4 is 4.90 Å². The van der Waals surface area contributed by atoms with Crippen LogP contribution in [0.5, 0.6) is 5.75 Å². The van der Waals surface area contributed by atoms with Crippen molar-refractivity contribution in [3.63, 3.8) is 0 Å². The van der Waals surface area contributed by atoms with Crippen molar-refractivity contribution < 1.29 is 5.11 Å². The van der Waals surface area contributed by atoms with Crippen LogP contribution in [-0.4, -0.2) is 72.2 Å². The largest absolute Gasteiger partial charge is 0.508 e. The van der Waals surface area contributed by atoms with Crippen molar-refractivity contribution in [2.24, 2.45) is 0 Å². The highest BCUT2D eigenvalue weighted by molar-refractivity contribution is 7.22. The fourth-order valence-corrected chi connectivity index (χ4v) is 4.68. The van der Waals surface area contributed by atoms with E-state index in [-0.39, 0.29) is 0 Å². The number of hydrogen-bond acceptors (Lipinski definition) is 6. The number of piperazine rings is 1. The molecule has 2 aromatic rings. The van der Waals surface area contributed by atoms with Gasteiger partial charge in [0, 0.05) is 45.3 Å². The molecule has 2 aliphatic heterocycles. The summed E-state index contributed by atoms with van der Waals surface area (Å²) >= 11 is 1.70. The predicted octanol–water partition coefficient (Wildman–Crippen LogP) is 2.22. The molecule has 1 aromatic carbocycles. The maximum absolute atomic E-state index is 9.64. The van der Waals surface area contributed by atoms with Gasteiger partial charge < -0.3 is 14.9 Å². The highest BCUT2D eigenvalue weighted by Gasteiger charge is 2.28. The average Bonchev–Trinajstić information content (AvgIpc) is 2.99. The van der Waals surface area contributed by atoms with Gasteiger partial charge in [-0.1, -0.05) is 11.3 Å². The molecule has 23 heavy (non-hydrogen) atoms. The van der Waals surface area contributed by atoms with E-state index in [4.69, 9.17) is 4.98 Å². The van der Waals surface area contributed by atoms with Crippen LogP contribution in [0.15, 0.2) is 18.2 Å². The van der Waals surface area contributed by atoms with Gasteiger partial charge in [0.25, 0.3) is 0 Å². The smallest absolute Gasteiger partial charge is 0.186 e. The Bertz CT molecular complexity index is 680. The average molecular weight is 332 g/mol. The Kier molecular flexibility index (Phi) is 4.13. The molecule has 1 aromatic heterocycles. The first-order chi connectivity index (χ1) is 11.2. The van der Waals surface area contributed by atoms with Crippen LogP contribution in [-0.2, 0) is 0 Å². The van der Waals surface area contributed by atoms with Crippen LogP contribution in [0.25, 0.3) is 10.2 Å². The molecule has 0 aliphatic carbocycles. The standard InChI is InChI=1S/C17H24N4OS/c1-19-7-9-20(10-8-19)13-3-2-6-21(12-13)17-18-15-5-4-14(22)11-16(15)23-17/h4-5,11,13,22H,2-3,6-10,12H2,1H3. The first kappa shape index (κ1) is 15.2. The van der Waals surface area contributed by atoms with Crippen molar-refractivity contribution in [3.8, 4) is 5.75 Å². The number of phenolic OH excluding ortho intramolecular Hbond substituents is 1. The van der Waals surface area contributed by atoms with Crippen LogP contribution in [0.4, 0.5) is 5.13 Å². The Morgan fingerprint density at radius 2 is 2.00 bits per heavy atom. The molecule has 2 fully saturated rings. The van der Waals surface area contributed by atoms with Gasteiger partial charge in [0.1, 0.15) is 5.75 Å². The van der Waals surface area contributed by atoms with E-state index in [9.17, 15) is 5.11 Å². The summed E-state index contributed by atoms with van der Waals surface area (Å²) in [5.74, 6) is 0.321. The first-order valence-electron chi connectivity index (χ1n) is 8.46. The maximum atomic E-state index is 9.64. The van der Waals surface area contributed by atoms with E-state index in [1.807, 2.05) is 12.1 Å². The van der Waals surface area contributed by atoms with Crippen LogP contribution in [0.1, 0.15) is 12.8 Å². The molecule has 6 heteroatoms. The topological polar surface area (TPSA) is 42.8 Å². The van der Waals surface area contributed by atoms with Crippen molar-refractivity contribution in [1.82, 2.24) is 14.8 Å². The molecule has 0 radical (unpaired) electrons. The normalized spacial score (nSPS) is 24.4. The fourth-order valence-electron chi connectivity index (χ4n) is 3.65. The number of rotatable bonds is 2. The van der Waals surface area contributed by atoms with E-state index in [0.717, 1.165) is 28.4 Å². The van der Waals surface area contributed by atoms with Crippen molar-refractivity contribution in [2.75, 3.05) is 51.2 Å². The Morgan fingerprint density at radius 1 is 1.17 bits per heavy atom. The number of hydrogen-bond donors (Lipinski definition) is 1. The second-order valence-electron chi connectivity index (χ2n) is 6.73. The van der Waals surface area contributed by atoms with Gasteiger partial charge in [-0.25, -0.2) is 4.98 Å². The van der Waals surface area contributed by atoms with Crippen molar-refractivity contribution in [1.29, 1.82) is 0 Å². The van der Waals surface area contributed by atoms with Gasteiger partial charge in [0.15, 0.2) is 5.13 Å². The summed E-state index contributed by atoms with van der Waals surface area (Å²) in [7, 11) is 2.21. The van der Waals surface area contributed by atoms with Gasteiger partial charge in [-0.3, -0.25) is 4.90 Å². The lowest BCUT2D eigenvalue weighted by molar-refractivity contribution is 0.102. The van der Waals surface area contributed by atoms with Crippen molar-refractivity contribution in [2.45, 2.75) is 18.9 Å². The number of piperidine rings is 1. The minimum Gasteiger partial charge on any atom is -0.508 e. The number of aromatic hydroxyl groups is 1. The first-order valence-corrected chi connectivity index (χ1v) is 9.28. The summed E-state index contributed by atoms with van der Waals surface area (Å²) in [6.45, 7) is 6.89. The minimum atomic E-state index is 0.321. The Morgan fingerprint density at radius 3 is 2.83 bits per heavy atom. The second kappa shape index (κ2) is 6.26. The molecule has 2 aliphatic rings. The second-order valence-corrected chi connectivity index (χ2v) is 7.74.